The predicted molar refractivity (Wildman–Crippen MR) is 124 cm³/mol. The topological polar surface area (TPSA) is 88.5 Å². The first kappa shape index (κ1) is 22.2. The summed E-state index contributed by atoms with van der Waals surface area (Å²) in [7, 11) is 0. The Kier molecular flexibility index (Phi) is 6.41. The lowest BCUT2D eigenvalue weighted by molar-refractivity contribution is -0.156. The van der Waals surface area contributed by atoms with Crippen molar-refractivity contribution in [1.82, 2.24) is 10.3 Å². The number of carbonyl (C=O) groups is 2. The zero-order valence-corrected chi connectivity index (χ0v) is 18.9. The SMILES string of the molecule is Cc1nc(-c2ccc(Cl)cc2)sc1C(=O)NCc1cccc(CC2(C(=O)O)C=CCO2)c1. The maximum atomic E-state index is 12.8. The molecule has 0 radical (unpaired) electrons. The molecule has 6 nitrogen and oxygen atoms in total. The van der Waals surface area contributed by atoms with E-state index in [1.807, 2.05) is 43.3 Å². The van der Waals surface area contributed by atoms with Crippen LogP contribution in [0.4, 0.5) is 0 Å². The Morgan fingerprint density at radius 3 is 2.66 bits per heavy atom. The fraction of sp³-hybridized carbons (Fsp3) is 0.208. The lowest BCUT2D eigenvalue weighted by Gasteiger charge is -2.22. The van der Waals surface area contributed by atoms with Gasteiger partial charge in [0.15, 0.2) is 5.60 Å². The van der Waals surface area contributed by atoms with Crippen molar-refractivity contribution in [2.24, 2.45) is 0 Å². The summed E-state index contributed by atoms with van der Waals surface area (Å²) in [5.74, 6) is -1.21. The summed E-state index contributed by atoms with van der Waals surface area (Å²) >= 11 is 7.28. The van der Waals surface area contributed by atoms with Crippen LogP contribution in [0.15, 0.2) is 60.7 Å². The highest BCUT2D eigenvalue weighted by Gasteiger charge is 2.39. The van der Waals surface area contributed by atoms with Gasteiger partial charge in [-0.05, 0) is 36.3 Å². The van der Waals surface area contributed by atoms with Crippen molar-refractivity contribution in [3.8, 4) is 10.6 Å². The number of hydrogen-bond acceptors (Lipinski definition) is 5. The molecule has 1 unspecified atom stereocenters. The van der Waals surface area contributed by atoms with Gasteiger partial charge in [0.05, 0.1) is 12.3 Å². The number of nitrogens with zero attached hydrogens (tertiary/aromatic N) is 1. The number of aromatic nitrogens is 1. The molecule has 2 aromatic carbocycles. The summed E-state index contributed by atoms with van der Waals surface area (Å²) in [6.07, 6.45) is 3.53. The number of ether oxygens (including phenoxy) is 1. The van der Waals surface area contributed by atoms with Crippen LogP contribution >= 0.6 is 22.9 Å². The predicted octanol–water partition coefficient (Wildman–Crippen LogP) is 4.65. The second-order valence-corrected chi connectivity index (χ2v) is 8.96. The number of carboxylic acid groups (broad SMARTS) is 1. The van der Waals surface area contributed by atoms with Crippen molar-refractivity contribution < 1.29 is 19.4 Å². The molecule has 4 rings (SSSR count). The molecule has 1 aromatic heterocycles. The summed E-state index contributed by atoms with van der Waals surface area (Å²) in [6, 6.07) is 14.8. The lowest BCUT2D eigenvalue weighted by Crippen LogP contribution is -2.39. The zero-order valence-electron chi connectivity index (χ0n) is 17.3. The van der Waals surface area contributed by atoms with E-state index in [2.05, 4.69) is 10.3 Å². The molecule has 164 valence electrons. The van der Waals surface area contributed by atoms with Crippen molar-refractivity contribution >= 4 is 34.8 Å². The summed E-state index contributed by atoms with van der Waals surface area (Å²) in [4.78, 5) is 29.5. The number of aliphatic carboxylic acids is 1. The summed E-state index contributed by atoms with van der Waals surface area (Å²) < 4.78 is 5.47. The minimum Gasteiger partial charge on any atom is -0.479 e. The maximum Gasteiger partial charge on any atom is 0.340 e. The quantitative estimate of drug-likeness (QED) is 0.492. The van der Waals surface area contributed by atoms with Crippen LogP contribution in [-0.2, 0) is 22.5 Å². The monoisotopic (exact) mass is 468 g/mol. The molecule has 2 N–H and O–H groups in total. The van der Waals surface area contributed by atoms with E-state index in [9.17, 15) is 14.7 Å². The third-order valence-corrected chi connectivity index (χ3v) is 6.65. The van der Waals surface area contributed by atoms with Crippen molar-refractivity contribution in [3.05, 3.63) is 87.4 Å². The Morgan fingerprint density at radius 2 is 1.97 bits per heavy atom. The molecule has 1 aliphatic rings. The van der Waals surface area contributed by atoms with Crippen LogP contribution in [0, 0.1) is 6.92 Å². The van der Waals surface area contributed by atoms with Crippen molar-refractivity contribution in [3.63, 3.8) is 0 Å². The highest BCUT2D eigenvalue weighted by Crippen LogP contribution is 2.29. The molecule has 32 heavy (non-hydrogen) atoms. The van der Waals surface area contributed by atoms with Crippen LogP contribution in [0.25, 0.3) is 10.6 Å². The van der Waals surface area contributed by atoms with Gasteiger partial charge >= 0.3 is 5.97 Å². The van der Waals surface area contributed by atoms with Crippen LogP contribution in [0.3, 0.4) is 0 Å². The van der Waals surface area contributed by atoms with E-state index in [0.29, 0.717) is 22.1 Å². The van der Waals surface area contributed by atoms with Crippen molar-refractivity contribution in [2.45, 2.75) is 25.5 Å². The number of halogens is 1. The first-order chi connectivity index (χ1) is 15.4. The Morgan fingerprint density at radius 1 is 1.22 bits per heavy atom. The third kappa shape index (κ3) is 4.75. The number of benzene rings is 2. The van der Waals surface area contributed by atoms with Crippen LogP contribution in [0.2, 0.25) is 5.02 Å². The molecule has 3 aromatic rings. The van der Waals surface area contributed by atoms with Crippen LogP contribution in [0.5, 0.6) is 0 Å². The first-order valence-electron chi connectivity index (χ1n) is 10.0. The van der Waals surface area contributed by atoms with Gasteiger partial charge in [0.25, 0.3) is 5.91 Å². The Hall–Kier alpha value is -3.00. The minimum atomic E-state index is -1.33. The zero-order chi connectivity index (χ0) is 22.7. The fourth-order valence-electron chi connectivity index (χ4n) is 3.54. The molecule has 0 saturated carbocycles. The number of aryl methyl sites for hydroxylation is 1. The average Bonchev–Trinajstić information content (AvgIpc) is 3.40. The van der Waals surface area contributed by atoms with Gasteiger partial charge in [-0.3, -0.25) is 4.79 Å². The Bertz CT molecular complexity index is 1190. The molecule has 0 spiro atoms. The molecule has 1 aliphatic heterocycles. The number of rotatable bonds is 7. The maximum absolute atomic E-state index is 12.8. The lowest BCUT2D eigenvalue weighted by atomic mass is 9.94. The summed E-state index contributed by atoms with van der Waals surface area (Å²) in [5.41, 5.74) is 1.94. The second kappa shape index (κ2) is 9.24. The van der Waals surface area contributed by atoms with Gasteiger partial charge in [0, 0.05) is 23.6 Å². The Balaban J connectivity index is 1.43. The van der Waals surface area contributed by atoms with Gasteiger partial charge in [0.1, 0.15) is 9.88 Å². The summed E-state index contributed by atoms with van der Waals surface area (Å²) in [6.45, 7) is 2.41. The number of carbonyl (C=O) groups excluding carboxylic acids is 1. The van der Waals surface area contributed by atoms with Crippen LogP contribution in [0.1, 0.15) is 26.5 Å². The molecular formula is C24H21ClN2O4S. The van der Waals surface area contributed by atoms with E-state index >= 15 is 0 Å². The van der Waals surface area contributed by atoms with E-state index < -0.39 is 11.6 Å². The Labute approximate surface area is 194 Å². The standard InChI is InChI=1S/C24H21ClN2O4S/c1-15-20(32-22(27-15)18-6-8-19(25)9-7-18)21(28)26-14-17-5-2-4-16(12-17)13-24(23(29)30)10-3-11-31-24/h2-10,12H,11,13-14H2,1H3,(H,26,28)(H,29,30). The molecule has 0 saturated heterocycles. The molecule has 1 atom stereocenters. The van der Waals surface area contributed by atoms with Crippen LogP contribution in [-0.4, -0.2) is 34.2 Å². The van der Waals surface area contributed by atoms with E-state index in [4.69, 9.17) is 16.3 Å². The second-order valence-electron chi connectivity index (χ2n) is 7.53. The largest absolute Gasteiger partial charge is 0.479 e. The molecule has 8 heteroatoms. The van der Waals surface area contributed by atoms with E-state index in [1.54, 1.807) is 24.3 Å². The average molecular weight is 469 g/mol. The highest BCUT2D eigenvalue weighted by atomic mass is 35.5. The van der Waals surface area contributed by atoms with Gasteiger partial charge in [-0.25, -0.2) is 9.78 Å². The minimum absolute atomic E-state index is 0.199. The fourth-order valence-corrected chi connectivity index (χ4v) is 4.65. The smallest absolute Gasteiger partial charge is 0.340 e. The van der Waals surface area contributed by atoms with E-state index in [1.165, 1.54) is 11.3 Å². The van der Waals surface area contributed by atoms with Crippen molar-refractivity contribution in [1.29, 1.82) is 0 Å². The molecule has 0 bridgehead atoms. The summed E-state index contributed by atoms with van der Waals surface area (Å²) in [5, 5.41) is 13.9. The van der Waals surface area contributed by atoms with Gasteiger partial charge in [0.2, 0.25) is 0 Å². The number of carboxylic acids is 1. The first-order valence-corrected chi connectivity index (χ1v) is 11.2. The number of hydrogen-bond donors (Lipinski definition) is 2. The van der Waals surface area contributed by atoms with E-state index in [0.717, 1.165) is 21.7 Å². The number of thiazole rings is 1. The van der Waals surface area contributed by atoms with Gasteiger partial charge in [-0.15, -0.1) is 11.3 Å². The molecule has 0 aliphatic carbocycles. The van der Waals surface area contributed by atoms with Crippen LogP contribution < -0.4 is 5.32 Å². The molecule has 1 amide bonds. The number of nitrogens with one attached hydrogen (secondary N) is 1. The third-order valence-electron chi connectivity index (χ3n) is 5.19. The van der Waals surface area contributed by atoms with Gasteiger partial charge in [-0.1, -0.05) is 54.1 Å². The van der Waals surface area contributed by atoms with E-state index in [-0.39, 0.29) is 18.9 Å². The van der Waals surface area contributed by atoms with Gasteiger partial charge in [-0.2, -0.15) is 0 Å². The molecule has 0 fully saturated rings. The normalized spacial score (nSPS) is 17.4. The van der Waals surface area contributed by atoms with Gasteiger partial charge < -0.3 is 15.2 Å². The molecule has 2 heterocycles. The molecular weight excluding hydrogens is 448 g/mol. The number of amides is 1. The highest BCUT2D eigenvalue weighted by molar-refractivity contribution is 7.17. The van der Waals surface area contributed by atoms with Crippen molar-refractivity contribution in [2.75, 3.05) is 6.61 Å².